The van der Waals surface area contributed by atoms with Gasteiger partial charge >= 0.3 is 0 Å². The van der Waals surface area contributed by atoms with Crippen molar-refractivity contribution in [1.82, 2.24) is 0 Å². The number of carbonyl (C=O) groups excluding carboxylic acids is 2. The molecule has 5 N–H and O–H groups in total. The Kier molecular flexibility index (Phi) is 4.28. The van der Waals surface area contributed by atoms with E-state index in [1.54, 1.807) is 43.3 Å². The smallest absolute Gasteiger partial charge is 0.255 e. The molecule has 2 amide bonds. The zero-order valence-corrected chi connectivity index (χ0v) is 12.9. The van der Waals surface area contributed by atoms with Crippen LogP contribution in [0.15, 0.2) is 40.9 Å². The Bertz CT molecular complexity index is 729. The minimum Gasteiger partial charge on any atom is -0.398 e. The van der Waals surface area contributed by atoms with Gasteiger partial charge in [-0.15, -0.1) is 0 Å². The van der Waals surface area contributed by atoms with Crippen molar-refractivity contribution < 1.29 is 9.59 Å². The molecule has 0 fully saturated rings. The Morgan fingerprint density at radius 1 is 1.10 bits per heavy atom. The van der Waals surface area contributed by atoms with Gasteiger partial charge in [0.2, 0.25) is 5.91 Å². The minimum absolute atomic E-state index is 0.259. The second kappa shape index (κ2) is 5.97. The lowest BCUT2D eigenvalue weighted by Crippen LogP contribution is -2.14. The van der Waals surface area contributed by atoms with Gasteiger partial charge in [-0.3, -0.25) is 9.59 Å². The van der Waals surface area contributed by atoms with Gasteiger partial charge in [0.05, 0.1) is 0 Å². The molecular formula is C15H14BrN3O2. The third-order valence-corrected chi connectivity index (χ3v) is 3.71. The fourth-order valence-corrected chi connectivity index (χ4v) is 2.20. The number of nitrogens with one attached hydrogen (secondary N) is 1. The molecule has 0 aromatic heterocycles. The van der Waals surface area contributed by atoms with E-state index in [1.807, 2.05) is 0 Å². The third kappa shape index (κ3) is 3.41. The first kappa shape index (κ1) is 15.1. The van der Waals surface area contributed by atoms with E-state index >= 15 is 0 Å². The van der Waals surface area contributed by atoms with Gasteiger partial charge in [-0.05, 0) is 64.8 Å². The Morgan fingerprint density at radius 3 is 2.33 bits per heavy atom. The summed E-state index contributed by atoms with van der Waals surface area (Å²) in [5, 5.41) is 2.79. The summed E-state index contributed by atoms with van der Waals surface area (Å²) >= 11 is 3.28. The summed E-state index contributed by atoms with van der Waals surface area (Å²) in [6.07, 6.45) is 0. The van der Waals surface area contributed by atoms with Crippen molar-refractivity contribution >= 4 is 39.1 Å². The fourth-order valence-electron chi connectivity index (χ4n) is 1.82. The van der Waals surface area contributed by atoms with Gasteiger partial charge in [-0.25, -0.2) is 0 Å². The zero-order valence-electron chi connectivity index (χ0n) is 11.3. The van der Waals surface area contributed by atoms with Crippen molar-refractivity contribution in [2.24, 2.45) is 5.73 Å². The quantitative estimate of drug-likeness (QED) is 0.744. The molecule has 21 heavy (non-hydrogen) atoms. The summed E-state index contributed by atoms with van der Waals surface area (Å²) < 4.78 is 0.663. The zero-order chi connectivity index (χ0) is 15.6. The average molecular weight is 348 g/mol. The Balaban J connectivity index is 2.23. The van der Waals surface area contributed by atoms with Crippen LogP contribution in [-0.4, -0.2) is 11.8 Å². The Hall–Kier alpha value is -2.34. The maximum absolute atomic E-state index is 12.2. The molecule has 0 radical (unpaired) electrons. The van der Waals surface area contributed by atoms with Crippen molar-refractivity contribution in [2.45, 2.75) is 6.92 Å². The van der Waals surface area contributed by atoms with Gasteiger partial charge in [0.25, 0.3) is 5.91 Å². The number of rotatable bonds is 3. The van der Waals surface area contributed by atoms with E-state index in [2.05, 4.69) is 21.2 Å². The predicted octanol–water partition coefficient (Wildman–Crippen LogP) is 2.69. The molecule has 0 heterocycles. The van der Waals surface area contributed by atoms with E-state index in [9.17, 15) is 9.59 Å². The van der Waals surface area contributed by atoms with Crippen molar-refractivity contribution in [2.75, 3.05) is 11.1 Å². The van der Waals surface area contributed by atoms with Crippen LogP contribution in [0.1, 0.15) is 26.3 Å². The number of carbonyl (C=O) groups is 2. The Labute approximate surface area is 130 Å². The molecule has 0 saturated heterocycles. The number of amides is 2. The number of hydrogen-bond acceptors (Lipinski definition) is 3. The highest BCUT2D eigenvalue weighted by molar-refractivity contribution is 9.10. The molecule has 0 unspecified atom stereocenters. The van der Waals surface area contributed by atoms with Crippen LogP contribution in [0.4, 0.5) is 11.4 Å². The number of aryl methyl sites for hydroxylation is 1. The van der Waals surface area contributed by atoms with Crippen LogP contribution in [-0.2, 0) is 0 Å². The summed E-state index contributed by atoms with van der Waals surface area (Å²) in [5.41, 5.74) is 13.7. The van der Waals surface area contributed by atoms with Crippen LogP contribution in [0.25, 0.3) is 0 Å². The van der Waals surface area contributed by atoms with E-state index < -0.39 is 5.91 Å². The SMILES string of the molecule is Cc1cc(C(N)=O)ccc1NC(=O)c1ccc(N)c(Br)c1. The molecule has 2 aromatic rings. The molecule has 0 aliphatic rings. The Morgan fingerprint density at radius 2 is 1.76 bits per heavy atom. The van der Waals surface area contributed by atoms with Crippen molar-refractivity contribution in [3.63, 3.8) is 0 Å². The van der Waals surface area contributed by atoms with Crippen LogP contribution >= 0.6 is 15.9 Å². The molecular weight excluding hydrogens is 334 g/mol. The predicted molar refractivity (Wildman–Crippen MR) is 86.2 cm³/mol. The van der Waals surface area contributed by atoms with Crippen molar-refractivity contribution in [1.29, 1.82) is 0 Å². The van der Waals surface area contributed by atoms with E-state index in [1.165, 1.54) is 0 Å². The number of hydrogen-bond donors (Lipinski definition) is 3. The highest BCUT2D eigenvalue weighted by Crippen LogP contribution is 2.22. The van der Waals surface area contributed by atoms with Crippen LogP contribution in [0.2, 0.25) is 0 Å². The average Bonchev–Trinajstić information content (AvgIpc) is 2.43. The van der Waals surface area contributed by atoms with Gasteiger partial charge in [0.1, 0.15) is 0 Å². The molecule has 2 rings (SSSR count). The second-order valence-electron chi connectivity index (χ2n) is 4.58. The fraction of sp³-hybridized carbons (Fsp3) is 0.0667. The summed E-state index contributed by atoms with van der Waals surface area (Å²) in [6, 6.07) is 9.81. The second-order valence-corrected chi connectivity index (χ2v) is 5.44. The van der Waals surface area contributed by atoms with Crippen molar-refractivity contribution in [3.8, 4) is 0 Å². The first-order valence-corrected chi connectivity index (χ1v) is 6.94. The lowest BCUT2D eigenvalue weighted by Gasteiger charge is -2.10. The van der Waals surface area contributed by atoms with Crippen LogP contribution < -0.4 is 16.8 Å². The monoisotopic (exact) mass is 347 g/mol. The van der Waals surface area contributed by atoms with E-state index in [4.69, 9.17) is 11.5 Å². The van der Waals surface area contributed by atoms with Crippen LogP contribution in [0.3, 0.4) is 0 Å². The normalized spacial score (nSPS) is 10.2. The number of halogens is 1. The number of nitrogens with two attached hydrogens (primary N) is 2. The highest BCUT2D eigenvalue weighted by Gasteiger charge is 2.10. The van der Waals surface area contributed by atoms with Crippen LogP contribution in [0.5, 0.6) is 0 Å². The number of benzene rings is 2. The lowest BCUT2D eigenvalue weighted by atomic mass is 10.1. The molecule has 0 aliphatic carbocycles. The molecule has 5 nitrogen and oxygen atoms in total. The van der Waals surface area contributed by atoms with Gasteiger partial charge in [-0.1, -0.05) is 0 Å². The topological polar surface area (TPSA) is 98.2 Å². The summed E-state index contributed by atoms with van der Waals surface area (Å²) in [5.74, 6) is -0.760. The number of nitrogen functional groups attached to an aromatic ring is 1. The maximum atomic E-state index is 12.2. The molecule has 2 aromatic carbocycles. The van der Waals surface area contributed by atoms with Crippen LogP contribution in [0, 0.1) is 6.92 Å². The van der Waals surface area contributed by atoms with Gasteiger partial charge in [0, 0.05) is 27.0 Å². The number of primary amides is 1. The summed E-state index contributed by atoms with van der Waals surface area (Å²) in [6.45, 7) is 1.79. The molecule has 0 bridgehead atoms. The molecule has 0 spiro atoms. The molecule has 0 atom stereocenters. The standard InChI is InChI=1S/C15H14BrN3O2/c1-8-6-9(14(18)20)3-5-13(8)19-15(21)10-2-4-12(17)11(16)7-10/h2-7H,17H2,1H3,(H2,18,20)(H,19,21). The van der Waals surface area contributed by atoms with Gasteiger partial charge < -0.3 is 16.8 Å². The molecule has 6 heteroatoms. The first-order valence-electron chi connectivity index (χ1n) is 6.15. The highest BCUT2D eigenvalue weighted by atomic mass is 79.9. The molecule has 0 aliphatic heterocycles. The summed E-state index contributed by atoms with van der Waals surface area (Å²) in [4.78, 5) is 23.3. The van der Waals surface area contributed by atoms with Gasteiger partial charge in [-0.2, -0.15) is 0 Å². The first-order chi connectivity index (χ1) is 9.88. The van der Waals surface area contributed by atoms with Gasteiger partial charge in [0.15, 0.2) is 0 Å². The third-order valence-electron chi connectivity index (χ3n) is 3.02. The van der Waals surface area contributed by atoms with E-state index in [0.717, 1.165) is 5.56 Å². The van der Waals surface area contributed by atoms with Crippen molar-refractivity contribution in [3.05, 3.63) is 57.6 Å². The summed E-state index contributed by atoms with van der Waals surface area (Å²) in [7, 11) is 0. The molecule has 0 saturated carbocycles. The van der Waals surface area contributed by atoms with E-state index in [-0.39, 0.29) is 5.91 Å². The van der Waals surface area contributed by atoms with E-state index in [0.29, 0.717) is 27.0 Å². The largest absolute Gasteiger partial charge is 0.398 e. The maximum Gasteiger partial charge on any atom is 0.255 e. The molecule has 108 valence electrons. The lowest BCUT2D eigenvalue weighted by molar-refractivity contribution is 0.0998. The number of anilines is 2. The minimum atomic E-state index is -0.501.